The molecule has 0 unspecified atom stereocenters. The van der Waals surface area contributed by atoms with Crippen molar-refractivity contribution in [3.05, 3.63) is 63.2 Å². The lowest BCUT2D eigenvalue weighted by Gasteiger charge is -2.07. The van der Waals surface area contributed by atoms with Crippen molar-refractivity contribution < 1.29 is 9.72 Å². The first-order valence-corrected chi connectivity index (χ1v) is 9.55. The number of aromatic nitrogens is 3. The number of thioether (sulfide) groups is 1. The van der Waals surface area contributed by atoms with E-state index >= 15 is 0 Å². The Bertz CT molecular complexity index is 1050. The molecule has 0 saturated heterocycles. The van der Waals surface area contributed by atoms with Gasteiger partial charge in [0.25, 0.3) is 5.69 Å². The van der Waals surface area contributed by atoms with Crippen molar-refractivity contribution in [3.63, 3.8) is 0 Å². The van der Waals surface area contributed by atoms with E-state index in [-0.39, 0.29) is 22.4 Å². The number of nitrogens with one attached hydrogen (secondary N) is 1. The summed E-state index contributed by atoms with van der Waals surface area (Å²) in [6, 6.07) is 12.0. The minimum absolute atomic E-state index is 0.0141. The van der Waals surface area contributed by atoms with Gasteiger partial charge in [-0.05, 0) is 24.6 Å². The van der Waals surface area contributed by atoms with E-state index in [9.17, 15) is 14.9 Å². The highest BCUT2D eigenvalue weighted by Crippen LogP contribution is 2.28. The molecule has 0 fully saturated rings. The summed E-state index contributed by atoms with van der Waals surface area (Å²) in [5.74, 6) is 0.479. The smallest absolute Gasteiger partial charge is 0.289 e. The van der Waals surface area contributed by atoms with Crippen molar-refractivity contribution >= 4 is 40.6 Å². The second kappa shape index (κ2) is 8.41. The van der Waals surface area contributed by atoms with Gasteiger partial charge in [-0.2, -0.15) is 0 Å². The van der Waals surface area contributed by atoms with Gasteiger partial charge in [-0.15, -0.1) is 10.2 Å². The molecule has 0 atom stereocenters. The van der Waals surface area contributed by atoms with Crippen LogP contribution in [-0.4, -0.2) is 31.3 Å². The molecule has 3 aromatic rings. The predicted molar refractivity (Wildman–Crippen MR) is 109 cm³/mol. The van der Waals surface area contributed by atoms with Crippen LogP contribution in [0.3, 0.4) is 0 Å². The van der Waals surface area contributed by atoms with E-state index in [1.54, 1.807) is 0 Å². The molecule has 28 heavy (non-hydrogen) atoms. The molecular formula is C18H16ClN5O3S. The standard InChI is InChI=1S/C18H16ClN5O3S/c1-11-5-3-4-6-13(11)17-21-22-18(23(17)2)28-10-16(25)20-12-7-8-14(19)15(9-12)24(26)27/h3-9H,10H2,1-2H3,(H,20,25). The Kier molecular flexibility index (Phi) is 5.96. The molecule has 0 aliphatic rings. The molecule has 1 aromatic heterocycles. The monoisotopic (exact) mass is 417 g/mol. The lowest BCUT2D eigenvalue weighted by Crippen LogP contribution is -2.14. The van der Waals surface area contributed by atoms with E-state index in [0.29, 0.717) is 16.7 Å². The van der Waals surface area contributed by atoms with Crippen LogP contribution in [0.15, 0.2) is 47.6 Å². The Hall–Kier alpha value is -2.91. The largest absolute Gasteiger partial charge is 0.325 e. The lowest BCUT2D eigenvalue weighted by molar-refractivity contribution is -0.384. The number of anilines is 1. The van der Waals surface area contributed by atoms with Crippen molar-refractivity contribution in [2.24, 2.45) is 7.05 Å². The lowest BCUT2D eigenvalue weighted by atomic mass is 10.1. The predicted octanol–water partition coefficient (Wildman–Crippen LogP) is 4.08. The van der Waals surface area contributed by atoms with Gasteiger partial charge < -0.3 is 9.88 Å². The summed E-state index contributed by atoms with van der Waals surface area (Å²) in [7, 11) is 1.84. The van der Waals surface area contributed by atoms with E-state index in [0.717, 1.165) is 11.1 Å². The average molecular weight is 418 g/mol. The number of hydrogen-bond donors (Lipinski definition) is 1. The molecule has 8 nitrogen and oxygen atoms in total. The maximum Gasteiger partial charge on any atom is 0.289 e. The van der Waals surface area contributed by atoms with E-state index in [1.165, 1.54) is 30.0 Å². The van der Waals surface area contributed by atoms with E-state index in [4.69, 9.17) is 11.6 Å². The van der Waals surface area contributed by atoms with Crippen molar-refractivity contribution in [3.8, 4) is 11.4 Å². The molecule has 1 amide bonds. The molecule has 1 heterocycles. The van der Waals surface area contributed by atoms with Crippen LogP contribution < -0.4 is 5.32 Å². The summed E-state index contributed by atoms with van der Waals surface area (Å²) in [4.78, 5) is 22.5. The molecule has 144 valence electrons. The zero-order valence-electron chi connectivity index (χ0n) is 15.0. The highest BCUT2D eigenvalue weighted by molar-refractivity contribution is 7.99. The minimum atomic E-state index is -0.598. The Morgan fingerprint density at radius 2 is 2.04 bits per heavy atom. The number of amides is 1. The maximum atomic E-state index is 12.2. The van der Waals surface area contributed by atoms with Gasteiger partial charge in [0.15, 0.2) is 11.0 Å². The first-order chi connectivity index (χ1) is 13.4. The fourth-order valence-corrected chi connectivity index (χ4v) is 3.45. The third-order valence-electron chi connectivity index (χ3n) is 3.98. The minimum Gasteiger partial charge on any atom is -0.325 e. The van der Waals surface area contributed by atoms with E-state index in [2.05, 4.69) is 15.5 Å². The molecular weight excluding hydrogens is 402 g/mol. The summed E-state index contributed by atoms with van der Waals surface area (Å²) in [6.07, 6.45) is 0. The number of nitro groups is 1. The van der Waals surface area contributed by atoms with Crippen LogP contribution in [0, 0.1) is 17.0 Å². The first kappa shape index (κ1) is 19.8. The number of aryl methyl sites for hydroxylation is 1. The van der Waals surface area contributed by atoms with Crippen LogP contribution in [0.2, 0.25) is 5.02 Å². The number of carbonyl (C=O) groups is 1. The number of halogens is 1. The van der Waals surface area contributed by atoms with Crippen LogP contribution in [0.1, 0.15) is 5.56 Å². The molecule has 0 spiro atoms. The third kappa shape index (κ3) is 4.32. The molecule has 0 radical (unpaired) electrons. The van der Waals surface area contributed by atoms with Crippen LogP contribution in [0.4, 0.5) is 11.4 Å². The SMILES string of the molecule is Cc1ccccc1-c1nnc(SCC(=O)Nc2ccc(Cl)c([N+](=O)[O-])c2)n1C. The first-order valence-electron chi connectivity index (χ1n) is 8.19. The van der Waals surface area contributed by atoms with Gasteiger partial charge in [0, 0.05) is 24.4 Å². The van der Waals surface area contributed by atoms with Crippen LogP contribution in [-0.2, 0) is 11.8 Å². The average Bonchev–Trinajstić information content (AvgIpc) is 3.02. The summed E-state index contributed by atoms with van der Waals surface area (Å²) in [6.45, 7) is 2.00. The Morgan fingerprint density at radius 1 is 1.29 bits per heavy atom. The zero-order chi connectivity index (χ0) is 20.3. The quantitative estimate of drug-likeness (QED) is 0.368. The number of hydrogen-bond acceptors (Lipinski definition) is 6. The van der Waals surface area contributed by atoms with Crippen LogP contribution in [0.5, 0.6) is 0 Å². The van der Waals surface area contributed by atoms with Gasteiger partial charge in [-0.3, -0.25) is 14.9 Å². The Balaban J connectivity index is 1.67. The van der Waals surface area contributed by atoms with Crippen molar-refractivity contribution in [1.29, 1.82) is 0 Å². The van der Waals surface area contributed by atoms with Gasteiger partial charge in [0.2, 0.25) is 5.91 Å². The van der Waals surface area contributed by atoms with Gasteiger partial charge in [0.1, 0.15) is 5.02 Å². The van der Waals surface area contributed by atoms with Crippen molar-refractivity contribution in [1.82, 2.24) is 14.8 Å². The number of nitrogens with zero attached hydrogens (tertiary/aromatic N) is 4. The molecule has 0 aliphatic heterocycles. The molecule has 0 bridgehead atoms. The number of carbonyl (C=O) groups excluding carboxylic acids is 1. The highest BCUT2D eigenvalue weighted by atomic mass is 35.5. The Morgan fingerprint density at radius 3 is 2.75 bits per heavy atom. The summed E-state index contributed by atoms with van der Waals surface area (Å²) < 4.78 is 1.83. The molecule has 0 aliphatic carbocycles. The van der Waals surface area contributed by atoms with E-state index < -0.39 is 4.92 Å². The zero-order valence-corrected chi connectivity index (χ0v) is 16.6. The van der Waals surface area contributed by atoms with Crippen molar-refractivity contribution in [2.75, 3.05) is 11.1 Å². The Labute approximate surface area is 170 Å². The van der Waals surface area contributed by atoms with Gasteiger partial charge in [-0.1, -0.05) is 47.6 Å². The highest BCUT2D eigenvalue weighted by Gasteiger charge is 2.16. The molecule has 0 saturated carbocycles. The van der Waals surface area contributed by atoms with Gasteiger partial charge in [-0.25, -0.2) is 0 Å². The van der Waals surface area contributed by atoms with Crippen LogP contribution >= 0.6 is 23.4 Å². The maximum absolute atomic E-state index is 12.2. The second-order valence-corrected chi connectivity index (χ2v) is 7.29. The van der Waals surface area contributed by atoms with Gasteiger partial charge >= 0.3 is 0 Å². The fourth-order valence-electron chi connectivity index (χ4n) is 2.56. The van der Waals surface area contributed by atoms with Gasteiger partial charge in [0.05, 0.1) is 10.7 Å². The molecule has 1 N–H and O–H groups in total. The number of nitro benzene ring substituents is 1. The van der Waals surface area contributed by atoms with Crippen LogP contribution in [0.25, 0.3) is 11.4 Å². The fraction of sp³-hybridized carbons (Fsp3) is 0.167. The second-order valence-electron chi connectivity index (χ2n) is 5.94. The summed E-state index contributed by atoms with van der Waals surface area (Å²) in [5, 5.41) is 22.5. The molecule has 10 heteroatoms. The molecule has 3 rings (SSSR count). The topological polar surface area (TPSA) is 103 Å². The number of benzene rings is 2. The summed E-state index contributed by atoms with van der Waals surface area (Å²) in [5.41, 5.74) is 2.10. The summed E-state index contributed by atoms with van der Waals surface area (Å²) >= 11 is 7.00. The van der Waals surface area contributed by atoms with Crippen molar-refractivity contribution in [2.45, 2.75) is 12.1 Å². The number of rotatable bonds is 6. The third-order valence-corrected chi connectivity index (χ3v) is 5.32. The van der Waals surface area contributed by atoms with E-state index in [1.807, 2.05) is 42.8 Å². The molecule has 2 aromatic carbocycles. The normalized spacial score (nSPS) is 10.7.